The van der Waals surface area contributed by atoms with Crippen molar-refractivity contribution in [2.24, 2.45) is 0 Å². The molecule has 0 aliphatic heterocycles. The number of nitrogens with two attached hydrogens (primary N) is 1. The van der Waals surface area contributed by atoms with E-state index in [0.717, 1.165) is 11.3 Å². The molecule has 0 atom stereocenters. The molecule has 2 N–H and O–H groups in total. The first-order chi connectivity index (χ1) is 12.1. The number of furan rings is 1. The number of nitriles is 1. The van der Waals surface area contributed by atoms with Gasteiger partial charge in [0, 0.05) is 5.56 Å². The summed E-state index contributed by atoms with van der Waals surface area (Å²) in [6, 6.07) is 13.0. The summed E-state index contributed by atoms with van der Waals surface area (Å²) in [6.45, 7) is 1.85. The molecule has 0 radical (unpaired) electrons. The van der Waals surface area contributed by atoms with E-state index in [1.165, 1.54) is 0 Å². The Balaban J connectivity index is 2.21. The van der Waals surface area contributed by atoms with Crippen molar-refractivity contribution in [3.8, 4) is 40.1 Å². The van der Waals surface area contributed by atoms with Gasteiger partial charge in [-0.25, -0.2) is 4.98 Å². The summed E-state index contributed by atoms with van der Waals surface area (Å²) >= 11 is 0. The Morgan fingerprint density at radius 1 is 1.08 bits per heavy atom. The van der Waals surface area contributed by atoms with Gasteiger partial charge in [-0.3, -0.25) is 0 Å². The molecule has 25 heavy (non-hydrogen) atoms. The number of aryl methyl sites for hydroxylation is 1. The van der Waals surface area contributed by atoms with Gasteiger partial charge in [0.25, 0.3) is 0 Å². The van der Waals surface area contributed by atoms with Crippen LogP contribution in [0, 0.1) is 18.3 Å². The van der Waals surface area contributed by atoms with E-state index in [4.69, 9.17) is 19.6 Å². The molecule has 3 aromatic rings. The molecule has 1 aromatic carbocycles. The van der Waals surface area contributed by atoms with Crippen molar-refractivity contribution < 1.29 is 13.9 Å². The van der Waals surface area contributed by atoms with E-state index in [9.17, 15) is 5.26 Å². The molecular formula is C19H17N3O3. The number of nitrogen functional groups attached to an aromatic ring is 1. The van der Waals surface area contributed by atoms with Gasteiger partial charge in [0.15, 0.2) is 17.3 Å². The molecule has 0 aliphatic carbocycles. The topological polar surface area (TPSA) is 94.3 Å². The predicted molar refractivity (Wildman–Crippen MR) is 94.3 cm³/mol. The molecule has 2 aromatic heterocycles. The number of rotatable bonds is 4. The van der Waals surface area contributed by atoms with Gasteiger partial charge in [-0.2, -0.15) is 5.26 Å². The highest BCUT2D eigenvalue weighted by molar-refractivity contribution is 5.80. The first-order valence-electron chi connectivity index (χ1n) is 7.57. The first kappa shape index (κ1) is 16.4. The molecule has 3 rings (SSSR count). The lowest BCUT2D eigenvalue weighted by Gasteiger charge is -2.12. The monoisotopic (exact) mass is 335 g/mol. The van der Waals surface area contributed by atoms with E-state index in [0.29, 0.717) is 34.1 Å². The average Bonchev–Trinajstić information content (AvgIpc) is 3.06. The SMILES string of the molecule is COc1ccc(-c2cc(-c3ccc(C)o3)nc(N)c2C#N)cc1OC. The fraction of sp³-hybridized carbons (Fsp3) is 0.158. The molecule has 2 heterocycles. The fourth-order valence-corrected chi connectivity index (χ4v) is 2.61. The van der Waals surface area contributed by atoms with Gasteiger partial charge in [-0.05, 0) is 42.8 Å². The molecule has 6 heteroatoms. The Hall–Kier alpha value is -3.46. The summed E-state index contributed by atoms with van der Waals surface area (Å²) in [5.41, 5.74) is 8.30. The fourth-order valence-electron chi connectivity index (χ4n) is 2.61. The van der Waals surface area contributed by atoms with Gasteiger partial charge in [0.1, 0.15) is 28.9 Å². The highest BCUT2D eigenvalue weighted by Crippen LogP contribution is 2.36. The third-order valence-electron chi connectivity index (χ3n) is 3.85. The van der Waals surface area contributed by atoms with E-state index in [1.54, 1.807) is 32.4 Å². The van der Waals surface area contributed by atoms with Crippen LogP contribution in [0.25, 0.3) is 22.6 Å². The minimum atomic E-state index is 0.152. The van der Waals surface area contributed by atoms with Crippen LogP contribution >= 0.6 is 0 Å². The van der Waals surface area contributed by atoms with Gasteiger partial charge in [-0.1, -0.05) is 6.07 Å². The van der Waals surface area contributed by atoms with Crippen molar-refractivity contribution in [1.82, 2.24) is 4.98 Å². The number of methoxy groups -OCH3 is 2. The van der Waals surface area contributed by atoms with Crippen molar-refractivity contribution in [3.05, 3.63) is 47.7 Å². The molecule has 0 spiro atoms. The molecule has 0 unspecified atom stereocenters. The Morgan fingerprint density at radius 2 is 1.84 bits per heavy atom. The van der Waals surface area contributed by atoms with Crippen molar-refractivity contribution in [1.29, 1.82) is 5.26 Å². The summed E-state index contributed by atoms with van der Waals surface area (Å²) in [5.74, 6) is 2.69. The first-order valence-corrected chi connectivity index (χ1v) is 7.57. The van der Waals surface area contributed by atoms with E-state index in [2.05, 4.69) is 11.1 Å². The normalized spacial score (nSPS) is 10.3. The van der Waals surface area contributed by atoms with Crippen molar-refractivity contribution in [2.45, 2.75) is 6.92 Å². The largest absolute Gasteiger partial charge is 0.493 e. The van der Waals surface area contributed by atoms with E-state index >= 15 is 0 Å². The van der Waals surface area contributed by atoms with Crippen molar-refractivity contribution >= 4 is 5.82 Å². The maximum atomic E-state index is 9.50. The number of nitrogens with zero attached hydrogens (tertiary/aromatic N) is 2. The number of pyridine rings is 1. The van der Waals surface area contributed by atoms with Gasteiger partial charge in [0.05, 0.1) is 14.2 Å². The van der Waals surface area contributed by atoms with Crippen molar-refractivity contribution in [3.63, 3.8) is 0 Å². The van der Waals surface area contributed by atoms with Crippen molar-refractivity contribution in [2.75, 3.05) is 20.0 Å². The predicted octanol–water partition coefficient (Wildman–Crippen LogP) is 3.79. The highest BCUT2D eigenvalue weighted by atomic mass is 16.5. The summed E-state index contributed by atoms with van der Waals surface area (Å²) in [6.07, 6.45) is 0. The number of ether oxygens (including phenoxy) is 2. The molecule has 0 amide bonds. The average molecular weight is 335 g/mol. The Labute approximate surface area is 145 Å². The lowest BCUT2D eigenvalue weighted by atomic mass is 9.99. The van der Waals surface area contributed by atoms with E-state index in [1.807, 2.05) is 25.1 Å². The summed E-state index contributed by atoms with van der Waals surface area (Å²) in [7, 11) is 3.13. The van der Waals surface area contributed by atoms with Crippen LogP contribution in [-0.2, 0) is 0 Å². The second kappa shape index (κ2) is 6.57. The van der Waals surface area contributed by atoms with E-state index in [-0.39, 0.29) is 5.82 Å². The third-order valence-corrected chi connectivity index (χ3v) is 3.85. The van der Waals surface area contributed by atoms with Crippen LogP contribution in [0.15, 0.2) is 40.8 Å². The second-order valence-electron chi connectivity index (χ2n) is 5.41. The van der Waals surface area contributed by atoms with E-state index < -0.39 is 0 Å². The van der Waals surface area contributed by atoms with Crippen LogP contribution in [0.4, 0.5) is 5.82 Å². The lowest BCUT2D eigenvalue weighted by Crippen LogP contribution is -2.00. The Kier molecular flexibility index (Phi) is 4.31. The molecule has 0 bridgehead atoms. The maximum Gasteiger partial charge on any atom is 0.161 e. The number of benzene rings is 1. The number of hydrogen-bond donors (Lipinski definition) is 1. The molecule has 0 saturated heterocycles. The Morgan fingerprint density at radius 3 is 2.44 bits per heavy atom. The number of hydrogen-bond acceptors (Lipinski definition) is 6. The summed E-state index contributed by atoms with van der Waals surface area (Å²) < 4.78 is 16.2. The highest BCUT2D eigenvalue weighted by Gasteiger charge is 2.16. The zero-order chi connectivity index (χ0) is 18.0. The summed E-state index contributed by atoms with van der Waals surface area (Å²) in [4.78, 5) is 4.30. The van der Waals surface area contributed by atoms with Crippen LogP contribution in [0.3, 0.4) is 0 Å². The molecular weight excluding hydrogens is 318 g/mol. The minimum absolute atomic E-state index is 0.152. The Bertz CT molecular complexity index is 971. The molecule has 6 nitrogen and oxygen atoms in total. The molecule has 0 fully saturated rings. The standard InChI is InChI=1S/C19H17N3O3/c1-11-4-6-16(25-11)15-9-13(14(10-20)19(21)22-15)12-5-7-17(23-2)18(8-12)24-3/h4-9H,1-3H3,(H2,21,22). The molecule has 0 saturated carbocycles. The zero-order valence-corrected chi connectivity index (χ0v) is 14.2. The minimum Gasteiger partial charge on any atom is -0.493 e. The van der Waals surface area contributed by atoms with Crippen LogP contribution in [0.2, 0.25) is 0 Å². The van der Waals surface area contributed by atoms with Gasteiger partial charge in [0.2, 0.25) is 0 Å². The maximum absolute atomic E-state index is 9.50. The molecule has 0 aliphatic rings. The van der Waals surface area contributed by atoms with Crippen LogP contribution in [-0.4, -0.2) is 19.2 Å². The number of aromatic nitrogens is 1. The smallest absolute Gasteiger partial charge is 0.161 e. The van der Waals surface area contributed by atoms with Gasteiger partial charge >= 0.3 is 0 Å². The lowest BCUT2D eigenvalue weighted by molar-refractivity contribution is 0.355. The zero-order valence-electron chi connectivity index (χ0n) is 14.2. The summed E-state index contributed by atoms with van der Waals surface area (Å²) in [5, 5.41) is 9.50. The van der Waals surface area contributed by atoms with Gasteiger partial charge in [-0.15, -0.1) is 0 Å². The van der Waals surface area contributed by atoms with Gasteiger partial charge < -0.3 is 19.6 Å². The number of anilines is 1. The van der Waals surface area contributed by atoms with Crippen LogP contribution in [0.5, 0.6) is 11.5 Å². The second-order valence-corrected chi connectivity index (χ2v) is 5.41. The van der Waals surface area contributed by atoms with Crippen LogP contribution in [0.1, 0.15) is 11.3 Å². The molecule has 126 valence electrons. The third kappa shape index (κ3) is 3.00. The quantitative estimate of drug-likeness (QED) is 0.779. The van der Waals surface area contributed by atoms with Crippen LogP contribution < -0.4 is 15.2 Å².